The number of aliphatic hydroxyl groups is 1. The fourth-order valence-corrected chi connectivity index (χ4v) is 3.18. The Kier molecular flexibility index (Phi) is 3.99. The van der Waals surface area contributed by atoms with Crippen LogP contribution in [0.5, 0.6) is 0 Å². The van der Waals surface area contributed by atoms with Crippen LogP contribution in [0.15, 0.2) is 47.4 Å². The summed E-state index contributed by atoms with van der Waals surface area (Å²) in [6.45, 7) is 0.412. The Labute approximate surface area is 122 Å². The summed E-state index contributed by atoms with van der Waals surface area (Å²) < 4.78 is 26.7. The molecule has 0 aromatic heterocycles. The third-order valence-corrected chi connectivity index (χ3v) is 4.57. The van der Waals surface area contributed by atoms with Crippen molar-refractivity contribution in [1.29, 1.82) is 0 Å². The van der Waals surface area contributed by atoms with Gasteiger partial charge in [0.1, 0.15) is 0 Å². The summed E-state index contributed by atoms with van der Waals surface area (Å²) in [6.07, 6.45) is 0. The zero-order valence-electron chi connectivity index (χ0n) is 11.3. The van der Waals surface area contributed by atoms with Gasteiger partial charge in [0.25, 0.3) is 0 Å². The minimum absolute atomic E-state index is 0.0433. The second-order valence-electron chi connectivity index (χ2n) is 4.88. The number of hydrogen-bond acceptors (Lipinski definition) is 4. The Morgan fingerprint density at radius 1 is 1.19 bits per heavy atom. The largest absolute Gasteiger partial charge is 0.479 e. The van der Waals surface area contributed by atoms with Crippen molar-refractivity contribution in [1.82, 2.24) is 4.72 Å². The summed E-state index contributed by atoms with van der Waals surface area (Å²) >= 11 is 0. The van der Waals surface area contributed by atoms with E-state index in [2.05, 4.69) is 4.72 Å². The molecule has 2 aromatic carbocycles. The van der Waals surface area contributed by atoms with E-state index < -0.39 is 28.1 Å². The van der Waals surface area contributed by atoms with E-state index in [0.29, 0.717) is 5.39 Å². The summed E-state index contributed by atoms with van der Waals surface area (Å²) in [6, 6.07) is 11.8. The van der Waals surface area contributed by atoms with Crippen LogP contribution in [-0.4, -0.2) is 36.7 Å². The van der Waals surface area contributed by atoms with E-state index in [4.69, 9.17) is 5.11 Å². The number of sulfonamides is 1. The third kappa shape index (κ3) is 3.21. The fourth-order valence-electron chi connectivity index (χ4n) is 1.82. The Morgan fingerprint density at radius 3 is 2.48 bits per heavy atom. The molecule has 3 N–H and O–H groups in total. The van der Waals surface area contributed by atoms with Crippen molar-refractivity contribution in [2.24, 2.45) is 0 Å². The zero-order valence-corrected chi connectivity index (χ0v) is 12.1. The van der Waals surface area contributed by atoms with Crippen LogP contribution in [0.3, 0.4) is 0 Å². The van der Waals surface area contributed by atoms with Gasteiger partial charge in [-0.25, -0.2) is 17.9 Å². The maximum atomic E-state index is 12.3. The summed E-state index contributed by atoms with van der Waals surface area (Å²) in [5.74, 6) is -1.50. The van der Waals surface area contributed by atoms with Crippen molar-refractivity contribution in [3.8, 4) is 0 Å². The van der Waals surface area contributed by atoms with Crippen LogP contribution in [-0.2, 0) is 14.8 Å². The van der Waals surface area contributed by atoms with Crippen LogP contribution < -0.4 is 4.72 Å². The number of nitrogens with one attached hydrogen (secondary N) is 1. The molecule has 0 aliphatic heterocycles. The average Bonchev–Trinajstić information content (AvgIpc) is 2.44. The molecule has 0 aliphatic carbocycles. The van der Waals surface area contributed by atoms with Gasteiger partial charge in [-0.2, -0.15) is 0 Å². The van der Waals surface area contributed by atoms with Crippen LogP contribution in [0.4, 0.5) is 0 Å². The van der Waals surface area contributed by atoms with Crippen LogP contribution in [0.25, 0.3) is 10.8 Å². The molecule has 0 saturated carbocycles. The second-order valence-corrected chi connectivity index (χ2v) is 6.62. The Balaban J connectivity index is 2.37. The first-order chi connectivity index (χ1) is 9.74. The molecule has 7 heteroatoms. The van der Waals surface area contributed by atoms with E-state index in [1.165, 1.54) is 6.07 Å². The van der Waals surface area contributed by atoms with Crippen LogP contribution in [0.2, 0.25) is 0 Å². The van der Waals surface area contributed by atoms with Gasteiger partial charge in [-0.15, -0.1) is 0 Å². The topological polar surface area (TPSA) is 104 Å². The van der Waals surface area contributed by atoms with Gasteiger partial charge in [0.2, 0.25) is 10.0 Å². The number of hydrogen-bond donors (Lipinski definition) is 3. The maximum absolute atomic E-state index is 12.3. The highest BCUT2D eigenvalue weighted by molar-refractivity contribution is 7.89. The van der Waals surface area contributed by atoms with E-state index >= 15 is 0 Å². The molecule has 0 fully saturated rings. The quantitative estimate of drug-likeness (QED) is 0.763. The highest BCUT2D eigenvalue weighted by Crippen LogP contribution is 2.22. The SMILES string of the molecule is CC(O)(CNS(=O)(=O)c1cccc2ccccc12)C(=O)O. The van der Waals surface area contributed by atoms with Crippen molar-refractivity contribution < 1.29 is 23.4 Å². The van der Waals surface area contributed by atoms with Crippen molar-refractivity contribution in [3.63, 3.8) is 0 Å². The summed E-state index contributed by atoms with van der Waals surface area (Å²) in [5.41, 5.74) is -2.17. The Bertz CT molecular complexity index is 778. The molecule has 6 nitrogen and oxygen atoms in total. The zero-order chi connectivity index (χ0) is 15.7. The molecule has 21 heavy (non-hydrogen) atoms. The number of rotatable bonds is 5. The number of carboxylic acids is 1. The van der Waals surface area contributed by atoms with E-state index in [9.17, 15) is 18.3 Å². The predicted octanol–water partition coefficient (Wildman–Crippen LogP) is 0.954. The van der Waals surface area contributed by atoms with Gasteiger partial charge in [-0.1, -0.05) is 36.4 Å². The molecule has 2 aromatic rings. The smallest absolute Gasteiger partial charge is 0.336 e. The predicted molar refractivity (Wildman–Crippen MR) is 77.4 cm³/mol. The van der Waals surface area contributed by atoms with Gasteiger partial charge < -0.3 is 10.2 Å². The van der Waals surface area contributed by atoms with Gasteiger partial charge in [-0.3, -0.25) is 0 Å². The van der Waals surface area contributed by atoms with Crippen molar-refractivity contribution in [2.45, 2.75) is 17.4 Å². The molecule has 0 saturated heterocycles. The molecule has 2 rings (SSSR count). The number of carbonyl (C=O) groups is 1. The lowest BCUT2D eigenvalue weighted by atomic mass is 10.1. The average molecular weight is 309 g/mol. The van der Waals surface area contributed by atoms with E-state index in [1.54, 1.807) is 36.4 Å². The van der Waals surface area contributed by atoms with Crippen LogP contribution in [0.1, 0.15) is 6.92 Å². The lowest BCUT2D eigenvalue weighted by Crippen LogP contribution is -2.46. The lowest BCUT2D eigenvalue weighted by molar-refractivity contribution is -0.155. The van der Waals surface area contributed by atoms with Gasteiger partial charge in [0, 0.05) is 5.39 Å². The minimum Gasteiger partial charge on any atom is -0.479 e. The van der Waals surface area contributed by atoms with Gasteiger partial charge in [0.05, 0.1) is 11.4 Å². The van der Waals surface area contributed by atoms with Crippen molar-refractivity contribution >= 4 is 26.8 Å². The normalized spacial score (nSPS) is 14.8. The monoisotopic (exact) mass is 309 g/mol. The van der Waals surface area contributed by atoms with E-state index in [1.807, 2.05) is 0 Å². The van der Waals surface area contributed by atoms with Gasteiger partial charge in [0.15, 0.2) is 5.60 Å². The summed E-state index contributed by atoms with van der Waals surface area (Å²) in [4.78, 5) is 10.8. The van der Waals surface area contributed by atoms with Gasteiger partial charge >= 0.3 is 5.97 Å². The summed E-state index contributed by atoms with van der Waals surface area (Å²) in [5, 5.41) is 19.7. The number of aliphatic carboxylic acids is 1. The first-order valence-corrected chi connectivity index (χ1v) is 7.65. The number of carboxylic acid groups (broad SMARTS) is 1. The van der Waals surface area contributed by atoms with Crippen molar-refractivity contribution in [3.05, 3.63) is 42.5 Å². The molecular weight excluding hydrogens is 294 g/mol. The molecule has 0 aliphatic rings. The fraction of sp³-hybridized carbons (Fsp3) is 0.214. The van der Waals surface area contributed by atoms with Gasteiger partial charge in [-0.05, 0) is 18.4 Å². The molecule has 0 radical (unpaired) electrons. The first-order valence-electron chi connectivity index (χ1n) is 6.17. The number of benzene rings is 2. The molecule has 0 amide bonds. The number of fused-ring (bicyclic) bond motifs is 1. The second kappa shape index (κ2) is 5.44. The molecule has 1 atom stereocenters. The molecule has 1 unspecified atom stereocenters. The van der Waals surface area contributed by atoms with E-state index in [-0.39, 0.29) is 4.90 Å². The molecule has 0 spiro atoms. The molecular formula is C14H15NO5S. The van der Waals surface area contributed by atoms with Crippen LogP contribution >= 0.6 is 0 Å². The molecule has 0 bridgehead atoms. The molecule has 112 valence electrons. The summed E-state index contributed by atoms with van der Waals surface area (Å²) in [7, 11) is -3.93. The third-order valence-electron chi connectivity index (χ3n) is 3.11. The highest BCUT2D eigenvalue weighted by atomic mass is 32.2. The minimum atomic E-state index is -3.93. The Hall–Kier alpha value is -1.96. The Morgan fingerprint density at radius 2 is 1.81 bits per heavy atom. The first kappa shape index (κ1) is 15.4. The maximum Gasteiger partial charge on any atom is 0.336 e. The van der Waals surface area contributed by atoms with Crippen LogP contribution in [0, 0.1) is 0 Å². The van der Waals surface area contributed by atoms with Crippen molar-refractivity contribution in [2.75, 3.05) is 6.54 Å². The molecule has 0 heterocycles. The lowest BCUT2D eigenvalue weighted by Gasteiger charge is -2.18. The highest BCUT2D eigenvalue weighted by Gasteiger charge is 2.32. The van der Waals surface area contributed by atoms with E-state index in [0.717, 1.165) is 12.3 Å². The standard InChI is InChI=1S/C14H15NO5S/c1-14(18,13(16)17)9-15-21(19,20)12-8-4-6-10-5-2-3-7-11(10)12/h2-8,15,18H,9H2,1H3,(H,16,17).